The number of amides is 1. The molecule has 0 aromatic heterocycles. The summed E-state index contributed by atoms with van der Waals surface area (Å²) in [5.74, 6) is 0.778. The number of nitrogens with zero attached hydrogens (tertiary/aromatic N) is 1. The lowest BCUT2D eigenvalue weighted by atomic mass is 10.1. The number of hydrazone groups is 1. The molecular formula is C27H21BrCl2N2O3. The van der Waals surface area contributed by atoms with Crippen LogP contribution in [0.1, 0.15) is 28.4 Å². The van der Waals surface area contributed by atoms with Crippen LogP contribution < -0.4 is 14.9 Å². The van der Waals surface area contributed by atoms with Crippen molar-refractivity contribution in [2.45, 2.75) is 13.5 Å². The Kier molecular flexibility index (Phi) is 8.29. The predicted octanol–water partition coefficient (Wildman–Crippen LogP) is 7.65. The minimum absolute atomic E-state index is 0.240. The molecule has 0 saturated heterocycles. The first-order valence-corrected chi connectivity index (χ1v) is 12.3. The lowest BCUT2D eigenvalue weighted by Gasteiger charge is -2.15. The first-order valence-electron chi connectivity index (χ1n) is 10.8. The first-order chi connectivity index (χ1) is 16.9. The average molecular weight is 572 g/mol. The highest BCUT2D eigenvalue weighted by atomic mass is 79.9. The van der Waals surface area contributed by atoms with Gasteiger partial charge in [-0.25, -0.2) is 5.43 Å². The van der Waals surface area contributed by atoms with Crippen LogP contribution in [0.5, 0.6) is 11.5 Å². The van der Waals surface area contributed by atoms with E-state index in [0.29, 0.717) is 38.2 Å². The normalized spacial score (nSPS) is 11.1. The molecule has 0 heterocycles. The van der Waals surface area contributed by atoms with E-state index in [2.05, 4.69) is 26.5 Å². The number of halogens is 3. The van der Waals surface area contributed by atoms with Gasteiger partial charge in [-0.1, -0.05) is 59.6 Å². The van der Waals surface area contributed by atoms with Gasteiger partial charge in [0.25, 0.3) is 5.91 Å². The number of hydrogen-bond acceptors (Lipinski definition) is 4. The summed E-state index contributed by atoms with van der Waals surface area (Å²) in [4.78, 5) is 12.5. The number of hydrogen-bond donors (Lipinski definition) is 1. The summed E-state index contributed by atoms with van der Waals surface area (Å²) in [7, 11) is 0. The maximum atomic E-state index is 12.5. The standard InChI is InChI=1S/C27H21BrCl2N2O3/c1-2-34-25-12-17(11-23(28)26(25)35-16-21-9-10-22(29)14-24(21)30)15-31-32-27(33)20-8-7-18-5-3-4-6-19(18)13-20/h3-15H,2,16H2,1H3,(H,32,33)/b31-15-. The van der Waals surface area contributed by atoms with Crippen molar-refractivity contribution >= 4 is 62.0 Å². The number of nitrogens with one attached hydrogen (secondary N) is 1. The van der Waals surface area contributed by atoms with Crippen molar-refractivity contribution in [1.29, 1.82) is 0 Å². The topological polar surface area (TPSA) is 59.9 Å². The monoisotopic (exact) mass is 570 g/mol. The summed E-state index contributed by atoms with van der Waals surface area (Å²) < 4.78 is 12.5. The molecule has 178 valence electrons. The number of benzene rings is 4. The molecule has 4 rings (SSSR count). The van der Waals surface area contributed by atoms with Gasteiger partial charge < -0.3 is 9.47 Å². The van der Waals surface area contributed by atoms with E-state index in [1.807, 2.05) is 55.5 Å². The summed E-state index contributed by atoms with van der Waals surface area (Å²) in [6.45, 7) is 2.58. The van der Waals surface area contributed by atoms with Crippen molar-refractivity contribution in [2.75, 3.05) is 6.61 Å². The van der Waals surface area contributed by atoms with Crippen LogP contribution in [-0.4, -0.2) is 18.7 Å². The number of rotatable bonds is 8. The summed E-state index contributed by atoms with van der Waals surface area (Å²) >= 11 is 15.8. The van der Waals surface area contributed by atoms with Gasteiger partial charge in [-0.05, 0) is 75.6 Å². The summed E-state index contributed by atoms with van der Waals surface area (Å²) in [5.41, 5.74) is 4.62. The predicted molar refractivity (Wildman–Crippen MR) is 145 cm³/mol. The van der Waals surface area contributed by atoms with Gasteiger partial charge in [-0.3, -0.25) is 4.79 Å². The van der Waals surface area contributed by atoms with E-state index < -0.39 is 0 Å². The van der Waals surface area contributed by atoms with Crippen molar-refractivity contribution < 1.29 is 14.3 Å². The largest absolute Gasteiger partial charge is 0.490 e. The van der Waals surface area contributed by atoms with Crippen molar-refractivity contribution in [1.82, 2.24) is 5.43 Å². The fourth-order valence-corrected chi connectivity index (χ4v) is 4.45. The summed E-state index contributed by atoms with van der Waals surface area (Å²) in [6.07, 6.45) is 1.55. The molecule has 1 N–H and O–H groups in total. The summed E-state index contributed by atoms with van der Waals surface area (Å²) in [6, 6.07) is 22.3. The van der Waals surface area contributed by atoms with Crippen LogP contribution in [0.4, 0.5) is 0 Å². The zero-order valence-corrected chi connectivity index (χ0v) is 21.8. The molecule has 4 aromatic carbocycles. The highest BCUT2D eigenvalue weighted by molar-refractivity contribution is 9.10. The number of carbonyl (C=O) groups is 1. The van der Waals surface area contributed by atoms with E-state index >= 15 is 0 Å². The molecule has 0 bridgehead atoms. The lowest BCUT2D eigenvalue weighted by molar-refractivity contribution is 0.0955. The second kappa shape index (κ2) is 11.6. The van der Waals surface area contributed by atoms with E-state index in [0.717, 1.165) is 21.9 Å². The lowest BCUT2D eigenvalue weighted by Crippen LogP contribution is -2.17. The molecule has 0 saturated carbocycles. The molecule has 0 aliphatic carbocycles. The Bertz CT molecular complexity index is 1410. The molecule has 0 fully saturated rings. The molecule has 35 heavy (non-hydrogen) atoms. The quantitative estimate of drug-likeness (QED) is 0.174. The van der Waals surface area contributed by atoms with Crippen LogP contribution in [0, 0.1) is 0 Å². The van der Waals surface area contributed by atoms with E-state index in [4.69, 9.17) is 32.7 Å². The van der Waals surface area contributed by atoms with Gasteiger partial charge >= 0.3 is 0 Å². The molecule has 0 atom stereocenters. The van der Waals surface area contributed by atoms with E-state index in [9.17, 15) is 4.79 Å². The van der Waals surface area contributed by atoms with Crippen molar-refractivity contribution in [3.63, 3.8) is 0 Å². The Morgan fingerprint density at radius 1 is 1.00 bits per heavy atom. The molecule has 0 aliphatic rings. The Morgan fingerprint density at radius 2 is 1.80 bits per heavy atom. The third-order valence-corrected chi connectivity index (χ3v) is 6.29. The maximum absolute atomic E-state index is 12.5. The fourth-order valence-electron chi connectivity index (χ4n) is 3.41. The van der Waals surface area contributed by atoms with Crippen LogP contribution in [0.3, 0.4) is 0 Å². The van der Waals surface area contributed by atoms with E-state index in [1.165, 1.54) is 0 Å². The Morgan fingerprint density at radius 3 is 2.57 bits per heavy atom. The molecule has 0 spiro atoms. The average Bonchev–Trinajstić information content (AvgIpc) is 2.84. The van der Waals surface area contributed by atoms with Crippen molar-refractivity contribution in [2.24, 2.45) is 5.10 Å². The van der Waals surface area contributed by atoms with E-state index in [-0.39, 0.29) is 12.5 Å². The van der Waals surface area contributed by atoms with Gasteiger partial charge in [-0.15, -0.1) is 0 Å². The van der Waals surface area contributed by atoms with Gasteiger partial charge in [0.15, 0.2) is 11.5 Å². The van der Waals surface area contributed by atoms with E-state index in [1.54, 1.807) is 30.5 Å². The number of ether oxygens (including phenoxy) is 2. The van der Waals surface area contributed by atoms with Gasteiger partial charge in [0.1, 0.15) is 6.61 Å². The molecule has 8 heteroatoms. The smallest absolute Gasteiger partial charge is 0.271 e. The first kappa shape index (κ1) is 25.0. The molecule has 0 unspecified atom stereocenters. The second-order valence-electron chi connectivity index (χ2n) is 7.55. The molecule has 4 aromatic rings. The van der Waals surface area contributed by atoms with Crippen LogP contribution in [-0.2, 0) is 6.61 Å². The van der Waals surface area contributed by atoms with Crippen LogP contribution in [0.15, 0.2) is 82.4 Å². The highest BCUT2D eigenvalue weighted by Crippen LogP contribution is 2.37. The number of carbonyl (C=O) groups excluding carboxylic acids is 1. The maximum Gasteiger partial charge on any atom is 0.271 e. The molecule has 0 radical (unpaired) electrons. The zero-order chi connectivity index (χ0) is 24.8. The second-order valence-corrected chi connectivity index (χ2v) is 9.25. The minimum atomic E-state index is -0.295. The molecular weight excluding hydrogens is 551 g/mol. The Hall–Kier alpha value is -3.06. The van der Waals surface area contributed by atoms with Gasteiger partial charge in [0, 0.05) is 21.2 Å². The summed E-state index contributed by atoms with van der Waals surface area (Å²) in [5, 5.41) is 7.26. The molecule has 1 amide bonds. The van der Waals surface area contributed by atoms with Crippen LogP contribution >= 0.6 is 39.1 Å². The Balaban J connectivity index is 1.47. The van der Waals surface area contributed by atoms with Crippen molar-refractivity contribution in [3.8, 4) is 11.5 Å². The van der Waals surface area contributed by atoms with Gasteiger partial charge in [0.2, 0.25) is 0 Å². The van der Waals surface area contributed by atoms with Gasteiger partial charge in [0.05, 0.1) is 17.3 Å². The highest BCUT2D eigenvalue weighted by Gasteiger charge is 2.13. The number of fused-ring (bicyclic) bond motifs is 1. The van der Waals surface area contributed by atoms with Crippen molar-refractivity contribution in [3.05, 3.63) is 104 Å². The van der Waals surface area contributed by atoms with Crippen LogP contribution in [0.2, 0.25) is 10.0 Å². The Labute approximate surface area is 221 Å². The SMILES string of the molecule is CCOc1cc(/C=N\NC(=O)c2ccc3ccccc3c2)cc(Br)c1OCc1ccc(Cl)cc1Cl. The minimum Gasteiger partial charge on any atom is -0.490 e. The molecule has 5 nitrogen and oxygen atoms in total. The third-order valence-electron chi connectivity index (χ3n) is 5.11. The third kappa shape index (κ3) is 6.34. The van der Waals surface area contributed by atoms with Gasteiger partial charge in [-0.2, -0.15) is 5.10 Å². The fraction of sp³-hybridized carbons (Fsp3) is 0.111. The zero-order valence-electron chi connectivity index (χ0n) is 18.7. The van der Waals surface area contributed by atoms with Crippen LogP contribution in [0.25, 0.3) is 10.8 Å². The molecule has 0 aliphatic heterocycles.